The van der Waals surface area contributed by atoms with Crippen LogP contribution in [0.5, 0.6) is 11.5 Å². The molecule has 0 amide bonds. The van der Waals surface area contributed by atoms with Crippen molar-refractivity contribution in [3.05, 3.63) is 87.3 Å². The highest BCUT2D eigenvalue weighted by molar-refractivity contribution is 5.41. The van der Waals surface area contributed by atoms with Crippen molar-refractivity contribution < 1.29 is 13.9 Å². The van der Waals surface area contributed by atoms with E-state index in [4.69, 9.17) is 9.47 Å². The lowest BCUT2D eigenvalue weighted by Gasteiger charge is -2.19. The van der Waals surface area contributed by atoms with Gasteiger partial charge in [0.1, 0.15) is 23.1 Å². The topological polar surface area (TPSA) is 67.5 Å². The van der Waals surface area contributed by atoms with Gasteiger partial charge in [-0.2, -0.15) is 0 Å². The van der Waals surface area contributed by atoms with Crippen molar-refractivity contribution in [3.8, 4) is 11.5 Å². The maximum absolute atomic E-state index is 14.7. The zero-order valence-corrected chi connectivity index (χ0v) is 17.9. The fourth-order valence-corrected chi connectivity index (χ4v) is 4.42. The number of hydrogen-bond donors (Lipinski definition) is 1. The molecule has 0 saturated carbocycles. The van der Waals surface area contributed by atoms with E-state index in [0.29, 0.717) is 36.7 Å². The average Bonchev–Trinajstić information content (AvgIpc) is 3.17. The van der Waals surface area contributed by atoms with Gasteiger partial charge in [0.2, 0.25) is 0 Å². The summed E-state index contributed by atoms with van der Waals surface area (Å²) in [5.41, 5.74) is 2.17. The molecule has 1 aromatic heterocycles. The van der Waals surface area contributed by atoms with Gasteiger partial charge in [-0.25, -0.2) is 9.37 Å². The Bertz CT molecular complexity index is 1130. The average molecular weight is 423 g/mol. The monoisotopic (exact) mass is 423 g/mol. The molecule has 3 aromatic rings. The second kappa shape index (κ2) is 8.89. The summed E-state index contributed by atoms with van der Waals surface area (Å²) in [6.07, 6.45) is 0. The van der Waals surface area contributed by atoms with Gasteiger partial charge in [-0.3, -0.25) is 9.69 Å². The number of benzene rings is 2. The van der Waals surface area contributed by atoms with Crippen molar-refractivity contribution in [2.24, 2.45) is 0 Å². The van der Waals surface area contributed by atoms with Gasteiger partial charge in [-0.1, -0.05) is 24.3 Å². The van der Waals surface area contributed by atoms with E-state index in [1.165, 1.54) is 12.1 Å². The van der Waals surface area contributed by atoms with E-state index in [2.05, 4.69) is 14.9 Å². The highest BCUT2D eigenvalue weighted by Gasteiger charge is 2.37. The van der Waals surface area contributed by atoms with Crippen LogP contribution in [0.2, 0.25) is 0 Å². The van der Waals surface area contributed by atoms with Crippen LogP contribution in [-0.4, -0.2) is 42.2 Å². The first kappa shape index (κ1) is 21.1. The molecule has 1 aliphatic rings. The third-order valence-electron chi connectivity index (χ3n) is 5.85. The summed E-state index contributed by atoms with van der Waals surface area (Å²) in [4.78, 5) is 21.6. The molecule has 1 saturated heterocycles. The molecule has 0 radical (unpaired) electrons. The molecule has 4 rings (SSSR count). The fourth-order valence-electron chi connectivity index (χ4n) is 4.42. The highest BCUT2D eigenvalue weighted by Crippen LogP contribution is 2.40. The number of nitrogens with one attached hydrogen (secondary N) is 1. The number of H-pyrrole nitrogens is 1. The van der Waals surface area contributed by atoms with Crippen LogP contribution in [0.25, 0.3) is 0 Å². The van der Waals surface area contributed by atoms with Crippen LogP contribution >= 0.6 is 0 Å². The molecule has 2 atom stereocenters. The number of aromatic amines is 1. The van der Waals surface area contributed by atoms with Gasteiger partial charge in [0, 0.05) is 49.2 Å². The van der Waals surface area contributed by atoms with E-state index in [1.807, 2.05) is 30.3 Å². The van der Waals surface area contributed by atoms with Crippen LogP contribution in [0.1, 0.15) is 34.5 Å². The summed E-state index contributed by atoms with van der Waals surface area (Å²) in [5.74, 6) is 1.59. The number of hydrogen-bond acceptors (Lipinski definition) is 5. The molecule has 0 spiro atoms. The van der Waals surface area contributed by atoms with Gasteiger partial charge in [-0.15, -0.1) is 0 Å². The lowest BCUT2D eigenvalue weighted by atomic mass is 9.86. The van der Waals surface area contributed by atoms with Crippen LogP contribution in [0, 0.1) is 12.7 Å². The van der Waals surface area contributed by atoms with Crippen molar-refractivity contribution in [1.29, 1.82) is 0 Å². The number of methoxy groups -OCH3 is 2. The van der Waals surface area contributed by atoms with Gasteiger partial charge in [0.05, 0.1) is 19.9 Å². The van der Waals surface area contributed by atoms with Gasteiger partial charge < -0.3 is 14.5 Å². The minimum atomic E-state index is -0.233. The van der Waals surface area contributed by atoms with Crippen LogP contribution in [0.3, 0.4) is 0 Å². The number of halogens is 1. The predicted molar refractivity (Wildman–Crippen MR) is 116 cm³/mol. The molecular formula is C24H26FN3O3. The molecule has 2 aromatic carbocycles. The van der Waals surface area contributed by atoms with E-state index in [9.17, 15) is 9.18 Å². The fraction of sp³-hybridized carbons (Fsp3) is 0.333. The zero-order chi connectivity index (χ0) is 22.0. The summed E-state index contributed by atoms with van der Waals surface area (Å²) >= 11 is 0. The van der Waals surface area contributed by atoms with Crippen LogP contribution < -0.4 is 15.0 Å². The number of rotatable bonds is 6. The first-order chi connectivity index (χ1) is 15.0. The maximum Gasteiger partial charge on any atom is 0.251 e. The van der Waals surface area contributed by atoms with E-state index < -0.39 is 0 Å². The molecule has 0 unspecified atom stereocenters. The molecule has 1 N–H and O–H groups in total. The Hall–Kier alpha value is -3.19. The Balaban J connectivity index is 1.68. The molecule has 31 heavy (non-hydrogen) atoms. The Kier molecular flexibility index (Phi) is 6.04. The van der Waals surface area contributed by atoms with E-state index in [-0.39, 0.29) is 23.2 Å². The Labute approximate surface area is 180 Å². The Morgan fingerprint density at radius 3 is 2.58 bits per heavy atom. The normalized spacial score (nSPS) is 18.8. The molecule has 162 valence electrons. The number of likely N-dealkylation sites (tertiary alicyclic amines) is 1. The molecule has 6 nitrogen and oxygen atoms in total. The van der Waals surface area contributed by atoms with Crippen molar-refractivity contribution in [1.82, 2.24) is 14.9 Å². The second-order valence-corrected chi connectivity index (χ2v) is 7.86. The summed E-state index contributed by atoms with van der Waals surface area (Å²) in [5, 5.41) is 0. The summed E-state index contributed by atoms with van der Waals surface area (Å²) in [6, 6.07) is 14.1. The zero-order valence-electron chi connectivity index (χ0n) is 17.9. The lowest BCUT2D eigenvalue weighted by Crippen LogP contribution is -2.21. The molecule has 1 fully saturated rings. The molecule has 1 aliphatic heterocycles. The van der Waals surface area contributed by atoms with Gasteiger partial charge >= 0.3 is 0 Å². The Morgan fingerprint density at radius 2 is 1.87 bits per heavy atom. The summed E-state index contributed by atoms with van der Waals surface area (Å²) in [6.45, 7) is 3.70. The van der Waals surface area contributed by atoms with E-state index in [0.717, 1.165) is 17.1 Å². The van der Waals surface area contributed by atoms with Crippen molar-refractivity contribution >= 4 is 0 Å². The molecular weight excluding hydrogens is 397 g/mol. The van der Waals surface area contributed by atoms with Crippen LogP contribution in [0.15, 0.2) is 53.3 Å². The molecule has 0 bridgehead atoms. The molecule has 2 heterocycles. The van der Waals surface area contributed by atoms with E-state index in [1.54, 1.807) is 27.2 Å². The number of aryl methyl sites for hydroxylation is 1. The quantitative estimate of drug-likeness (QED) is 0.656. The standard InChI is InChI=1S/C24H26FN3O3/c1-15-26-22(11-24(29)27-15)20-14-28(13-19(20)18-6-4-5-7-21(18)25)12-16-8-9-17(30-2)10-23(16)31-3/h4-11,19-20H,12-14H2,1-3H3,(H,26,27,29)/t19-,20+/m0/s1. The first-order valence-corrected chi connectivity index (χ1v) is 10.2. The van der Waals surface area contributed by atoms with Gasteiger partial charge in [-0.05, 0) is 24.6 Å². The third-order valence-corrected chi connectivity index (χ3v) is 5.85. The predicted octanol–water partition coefficient (Wildman–Crippen LogP) is 3.62. The third kappa shape index (κ3) is 4.46. The van der Waals surface area contributed by atoms with E-state index >= 15 is 0 Å². The minimum Gasteiger partial charge on any atom is -0.497 e. The Morgan fingerprint density at radius 1 is 1.10 bits per heavy atom. The summed E-state index contributed by atoms with van der Waals surface area (Å²) < 4.78 is 25.5. The highest BCUT2D eigenvalue weighted by atomic mass is 19.1. The van der Waals surface area contributed by atoms with Crippen LogP contribution in [-0.2, 0) is 6.54 Å². The van der Waals surface area contributed by atoms with Crippen molar-refractivity contribution in [2.45, 2.75) is 25.3 Å². The minimum absolute atomic E-state index is 0.0952. The van der Waals surface area contributed by atoms with Gasteiger partial charge in [0.15, 0.2) is 0 Å². The molecule has 7 heteroatoms. The van der Waals surface area contributed by atoms with Crippen molar-refractivity contribution in [3.63, 3.8) is 0 Å². The smallest absolute Gasteiger partial charge is 0.251 e. The number of nitrogens with zero attached hydrogens (tertiary/aromatic N) is 2. The summed E-state index contributed by atoms with van der Waals surface area (Å²) in [7, 11) is 3.26. The molecule has 0 aliphatic carbocycles. The SMILES string of the molecule is COc1ccc(CN2C[C@@H](c3cc(=O)[nH]c(C)n3)[C@H](c3ccccc3F)C2)c(OC)c1. The first-order valence-electron chi connectivity index (χ1n) is 10.2. The second-order valence-electron chi connectivity index (χ2n) is 7.86. The number of ether oxygens (including phenoxy) is 2. The van der Waals surface area contributed by atoms with Gasteiger partial charge in [0.25, 0.3) is 5.56 Å². The van der Waals surface area contributed by atoms with Crippen molar-refractivity contribution in [2.75, 3.05) is 27.3 Å². The largest absolute Gasteiger partial charge is 0.497 e. The number of aromatic nitrogens is 2. The van der Waals surface area contributed by atoms with Crippen LogP contribution in [0.4, 0.5) is 4.39 Å². The lowest BCUT2D eigenvalue weighted by molar-refractivity contribution is 0.312. The maximum atomic E-state index is 14.7.